The lowest BCUT2D eigenvalue weighted by molar-refractivity contribution is 0.0946. The molecule has 6 nitrogen and oxygen atoms in total. The summed E-state index contributed by atoms with van der Waals surface area (Å²) in [6.45, 7) is 5.12. The van der Waals surface area contributed by atoms with Crippen molar-refractivity contribution >= 4 is 11.6 Å². The molecule has 1 aromatic carbocycles. The zero-order valence-corrected chi connectivity index (χ0v) is 16.0. The quantitative estimate of drug-likeness (QED) is 0.760. The number of carbonyl (C=O) groups excluding carboxylic acids is 1. The van der Waals surface area contributed by atoms with E-state index in [4.69, 9.17) is 9.47 Å². The largest absolute Gasteiger partial charge is 0.497 e. The number of rotatable bonds is 7. The summed E-state index contributed by atoms with van der Waals surface area (Å²) in [6, 6.07) is 9.28. The number of piperidine rings is 1. The predicted octanol–water partition coefficient (Wildman–Crippen LogP) is 3.14. The Bertz CT molecular complexity index is 749. The Morgan fingerprint density at radius 3 is 2.78 bits per heavy atom. The van der Waals surface area contributed by atoms with E-state index in [2.05, 4.69) is 22.1 Å². The van der Waals surface area contributed by atoms with Gasteiger partial charge < -0.3 is 19.7 Å². The van der Waals surface area contributed by atoms with Gasteiger partial charge in [-0.25, -0.2) is 0 Å². The van der Waals surface area contributed by atoms with E-state index in [1.807, 2.05) is 36.5 Å². The highest BCUT2D eigenvalue weighted by Gasteiger charge is 2.18. The van der Waals surface area contributed by atoms with Gasteiger partial charge in [0.25, 0.3) is 5.91 Å². The molecule has 0 spiro atoms. The summed E-state index contributed by atoms with van der Waals surface area (Å²) in [4.78, 5) is 19.0. The zero-order valence-electron chi connectivity index (χ0n) is 16.0. The summed E-state index contributed by atoms with van der Waals surface area (Å²) in [5.41, 5.74) is 1.60. The molecular weight excluding hydrogens is 342 g/mol. The van der Waals surface area contributed by atoms with E-state index < -0.39 is 0 Å². The number of aromatic nitrogens is 1. The predicted molar refractivity (Wildman–Crippen MR) is 106 cm³/mol. The van der Waals surface area contributed by atoms with Crippen LogP contribution in [-0.4, -0.2) is 44.2 Å². The first-order chi connectivity index (χ1) is 13.2. The number of nitrogens with one attached hydrogen (secondary N) is 1. The first-order valence-electron chi connectivity index (χ1n) is 9.41. The van der Waals surface area contributed by atoms with E-state index in [1.165, 1.54) is 12.8 Å². The Kier molecular flexibility index (Phi) is 6.52. The molecule has 1 saturated heterocycles. The summed E-state index contributed by atoms with van der Waals surface area (Å²) in [5, 5.41) is 2.88. The molecule has 27 heavy (non-hydrogen) atoms. The van der Waals surface area contributed by atoms with E-state index in [0.29, 0.717) is 24.6 Å². The number of nitrogens with zero attached hydrogens (tertiary/aromatic N) is 2. The lowest BCUT2D eigenvalue weighted by Crippen LogP contribution is -2.34. The molecule has 144 valence electrons. The molecule has 1 N–H and O–H groups in total. The van der Waals surface area contributed by atoms with Crippen molar-refractivity contribution in [3.05, 3.63) is 48.3 Å². The molecule has 2 heterocycles. The molecule has 1 aliphatic heterocycles. The van der Waals surface area contributed by atoms with Crippen LogP contribution in [-0.2, 0) is 0 Å². The highest BCUT2D eigenvalue weighted by molar-refractivity contribution is 5.94. The molecule has 1 aromatic heterocycles. The fourth-order valence-electron chi connectivity index (χ4n) is 3.26. The molecule has 0 radical (unpaired) electrons. The third kappa shape index (κ3) is 5.36. The maximum atomic E-state index is 12.4. The summed E-state index contributed by atoms with van der Waals surface area (Å²) >= 11 is 0. The minimum atomic E-state index is -0.132. The van der Waals surface area contributed by atoms with E-state index in [1.54, 1.807) is 13.3 Å². The zero-order chi connectivity index (χ0) is 19.1. The van der Waals surface area contributed by atoms with Gasteiger partial charge in [0.1, 0.15) is 18.1 Å². The van der Waals surface area contributed by atoms with Crippen molar-refractivity contribution < 1.29 is 14.3 Å². The van der Waals surface area contributed by atoms with E-state index in [9.17, 15) is 4.79 Å². The Labute approximate surface area is 160 Å². The molecule has 2 aromatic rings. The van der Waals surface area contributed by atoms with E-state index in [0.717, 1.165) is 30.3 Å². The summed E-state index contributed by atoms with van der Waals surface area (Å²) < 4.78 is 10.7. The van der Waals surface area contributed by atoms with Crippen LogP contribution in [0, 0.1) is 5.92 Å². The number of methoxy groups -OCH3 is 1. The maximum absolute atomic E-state index is 12.4. The minimum Gasteiger partial charge on any atom is -0.497 e. The monoisotopic (exact) mass is 369 g/mol. The van der Waals surface area contributed by atoms with Gasteiger partial charge in [-0.15, -0.1) is 0 Å². The Morgan fingerprint density at radius 1 is 1.26 bits per heavy atom. The molecule has 1 amide bonds. The average Bonchev–Trinajstić information content (AvgIpc) is 2.71. The van der Waals surface area contributed by atoms with Crippen molar-refractivity contribution in [2.45, 2.75) is 19.8 Å². The Hall–Kier alpha value is -2.76. The lowest BCUT2D eigenvalue weighted by Gasteiger charge is -2.32. The Morgan fingerprint density at radius 2 is 2.04 bits per heavy atom. The van der Waals surface area contributed by atoms with Crippen molar-refractivity contribution in [1.29, 1.82) is 0 Å². The number of ether oxygens (including phenoxy) is 2. The van der Waals surface area contributed by atoms with Crippen LogP contribution in [0.25, 0.3) is 0 Å². The van der Waals surface area contributed by atoms with Gasteiger partial charge >= 0.3 is 0 Å². The highest BCUT2D eigenvalue weighted by atomic mass is 16.5. The van der Waals surface area contributed by atoms with Crippen LogP contribution in [0.5, 0.6) is 11.5 Å². The van der Waals surface area contributed by atoms with Crippen molar-refractivity contribution in [3.8, 4) is 11.5 Å². The van der Waals surface area contributed by atoms with Crippen LogP contribution >= 0.6 is 0 Å². The van der Waals surface area contributed by atoms with E-state index >= 15 is 0 Å². The van der Waals surface area contributed by atoms with Gasteiger partial charge in [0.05, 0.1) is 31.1 Å². The molecule has 1 unspecified atom stereocenters. The van der Waals surface area contributed by atoms with E-state index in [-0.39, 0.29) is 5.91 Å². The van der Waals surface area contributed by atoms with Gasteiger partial charge in [0.15, 0.2) is 0 Å². The second-order valence-corrected chi connectivity index (χ2v) is 6.91. The molecule has 0 saturated carbocycles. The maximum Gasteiger partial charge on any atom is 0.253 e. The molecule has 0 aliphatic carbocycles. The third-order valence-corrected chi connectivity index (χ3v) is 4.72. The number of carbonyl (C=O) groups is 1. The van der Waals surface area contributed by atoms with Crippen LogP contribution < -0.4 is 19.7 Å². The van der Waals surface area contributed by atoms with Crippen molar-refractivity contribution in [3.63, 3.8) is 0 Å². The average molecular weight is 369 g/mol. The Balaban J connectivity index is 1.48. The van der Waals surface area contributed by atoms with Crippen LogP contribution in [0.3, 0.4) is 0 Å². The first-order valence-corrected chi connectivity index (χ1v) is 9.41. The lowest BCUT2D eigenvalue weighted by atomic mass is 10.00. The minimum absolute atomic E-state index is 0.132. The van der Waals surface area contributed by atoms with Gasteiger partial charge in [-0.05, 0) is 49.1 Å². The van der Waals surface area contributed by atoms with Gasteiger partial charge in [-0.2, -0.15) is 0 Å². The topological polar surface area (TPSA) is 63.7 Å². The second-order valence-electron chi connectivity index (χ2n) is 6.91. The number of benzene rings is 1. The fraction of sp³-hybridized carbons (Fsp3) is 0.429. The van der Waals surface area contributed by atoms with Crippen molar-refractivity contribution in [1.82, 2.24) is 10.3 Å². The normalized spacial score (nSPS) is 16.7. The number of hydrogen-bond donors (Lipinski definition) is 1. The first kappa shape index (κ1) is 19.0. The molecular formula is C21H27N3O3. The number of amides is 1. The molecule has 3 rings (SSSR count). The summed E-state index contributed by atoms with van der Waals surface area (Å²) in [5.74, 6) is 2.07. The van der Waals surface area contributed by atoms with Crippen LogP contribution in [0.1, 0.15) is 30.1 Å². The highest BCUT2D eigenvalue weighted by Crippen LogP contribution is 2.23. The molecule has 1 atom stereocenters. The SMILES string of the molecule is COc1ccc(OCCNC(=O)c2cncc(N3CCCC(C)C3)c2)cc1. The van der Waals surface area contributed by atoms with Gasteiger partial charge in [-0.3, -0.25) is 9.78 Å². The number of pyridine rings is 1. The smallest absolute Gasteiger partial charge is 0.253 e. The standard InChI is InChI=1S/C21H27N3O3/c1-16-4-3-10-24(15-16)18-12-17(13-22-14-18)21(25)23-9-11-27-20-7-5-19(26-2)6-8-20/h5-8,12-14,16H,3-4,9-11,15H2,1-2H3,(H,23,25). The molecule has 6 heteroatoms. The van der Waals surface area contributed by atoms with Gasteiger partial charge in [0, 0.05) is 19.3 Å². The number of anilines is 1. The van der Waals surface area contributed by atoms with Gasteiger partial charge in [0.2, 0.25) is 0 Å². The summed E-state index contributed by atoms with van der Waals surface area (Å²) in [7, 11) is 1.63. The van der Waals surface area contributed by atoms with Crippen molar-refractivity contribution in [2.24, 2.45) is 5.92 Å². The molecule has 1 fully saturated rings. The summed E-state index contributed by atoms with van der Waals surface area (Å²) in [6.07, 6.45) is 5.89. The van der Waals surface area contributed by atoms with Gasteiger partial charge in [-0.1, -0.05) is 6.92 Å². The molecule has 1 aliphatic rings. The van der Waals surface area contributed by atoms with Crippen LogP contribution in [0.15, 0.2) is 42.7 Å². The van der Waals surface area contributed by atoms with Crippen LogP contribution in [0.2, 0.25) is 0 Å². The fourth-order valence-corrected chi connectivity index (χ4v) is 3.26. The third-order valence-electron chi connectivity index (χ3n) is 4.72. The number of hydrogen-bond acceptors (Lipinski definition) is 5. The second kappa shape index (κ2) is 9.26. The van der Waals surface area contributed by atoms with Crippen LogP contribution in [0.4, 0.5) is 5.69 Å². The van der Waals surface area contributed by atoms with Crippen molar-refractivity contribution in [2.75, 3.05) is 38.3 Å². The molecule has 0 bridgehead atoms.